The average Bonchev–Trinajstić information content (AvgIpc) is 3.39. The average molecular weight is 520 g/mol. The Morgan fingerprint density at radius 3 is 2.67 bits per heavy atom. The summed E-state index contributed by atoms with van der Waals surface area (Å²) in [5.41, 5.74) is 4.03. The molecule has 2 aromatic carbocycles. The molecular formula is C22H25IN4O3. The molecule has 0 atom stereocenters. The standard InChI is InChI=1S/C22H24N4O3.HI/c1-3-23-22(24-11-16-6-9-19-20(10-16)29-14-28-19)25-12-18-13-27-21(26-18)17-7-4-15(2)5-8-17;/h4-10,13H,3,11-12,14H2,1-2H3,(H2,23,24,25);1H. The van der Waals surface area contributed by atoms with Crippen molar-refractivity contribution in [1.82, 2.24) is 15.6 Å². The molecule has 0 unspecified atom stereocenters. The number of ether oxygens (including phenoxy) is 2. The number of halogens is 1. The molecule has 8 heteroatoms. The van der Waals surface area contributed by atoms with Gasteiger partial charge in [0.05, 0.1) is 18.8 Å². The van der Waals surface area contributed by atoms with Gasteiger partial charge < -0.3 is 24.5 Å². The van der Waals surface area contributed by atoms with Crippen LogP contribution in [0.5, 0.6) is 11.5 Å². The molecule has 2 N–H and O–H groups in total. The Labute approximate surface area is 192 Å². The zero-order valence-electron chi connectivity index (χ0n) is 17.0. The largest absolute Gasteiger partial charge is 0.454 e. The molecule has 7 nitrogen and oxygen atoms in total. The van der Waals surface area contributed by atoms with Gasteiger partial charge in [-0.2, -0.15) is 0 Å². The molecule has 158 valence electrons. The van der Waals surface area contributed by atoms with E-state index in [0.29, 0.717) is 24.9 Å². The number of benzene rings is 2. The predicted octanol–water partition coefficient (Wildman–Crippen LogP) is 4.25. The van der Waals surface area contributed by atoms with Crippen LogP contribution in [0.3, 0.4) is 0 Å². The smallest absolute Gasteiger partial charge is 0.231 e. The van der Waals surface area contributed by atoms with Crippen LogP contribution in [0.4, 0.5) is 0 Å². The lowest BCUT2D eigenvalue weighted by atomic mass is 10.1. The zero-order chi connectivity index (χ0) is 20.1. The highest BCUT2D eigenvalue weighted by atomic mass is 127. The zero-order valence-corrected chi connectivity index (χ0v) is 19.3. The van der Waals surface area contributed by atoms with Crippen molar-refractivity contribution in [1.29, 1.82) is 0 Å². The molecule has 1 aliphatic heterocycles. The van der Waals surface area contributed by atoms with Crippen molar-refractivity contribution < 1.29 is 13.9 Å². The van der Waals surface area contributed by atoms with Crippen LogP contribution in [0.1, 0.15) is 23.7 Å². The van der Waals surface area contributed by atoms with Crippen molar-refractivity contribution >= 4 is 29.9 Å². The number of aliphatic imine (C=N–C) groups is 1. The lowest BCUT2D eigenvalue weighted by Gasteiger charge is -2.10. The minimum Gasteiger partial charge on any atom is -0.454 e. The summed E-state index contributed by atoms with van der Waals surface area (Å²) in [4.78, 5) is 9.20. The third-order valence-electron chi connectivity index (χ3n) is 4.49. The Morgan fingerprint density at radius 1 is 1.07 bits per heavy atom. The first-order valence-corrected chi connectivity index (χ1v) is 9.63. The van der Waals surface area contributed by atoms with Gasteiger partial charge in [0.25, 0.3) is 0 Å². The Kier molecular flexibility index (Phi) is 7.56. The molecule has 0 spiro atoms. The second-order valence-electron chi connectivity index (χ2n) is 6.75. The molecule has 2 heterocycles. The number of hydrogen-bond donors (Lipinski definition) is 2. The Bertz CT molecular complexity index is 1000. The van der Waals surface area contributed by atoms with Crippen molar-refractivity contribution in [2.24, 2.45) is 4.99 Å². The van der Waals surface area contributed by atoms with E-state index >= 15 is 0 Å². The number of oxazole rings is 1. The van der Waals surface area contributed by atoms with Gasteiger partial charge in [0.15, 0.2) is 17.5 Å². The molecule has 0 radical (unpaired) electrons. The molecule has 0 bridgehead atoms. The van der Waals surface area contributed by atoms with E-state index in [2.05, 4.69) is 27.5 Å². The molecule has 4 rings (SSSR count). The summed E-state index contributed by atoms with van der Waals surface area (Å²) in [5, 5.41) is 6.54. The number of rotatable bonds is 6. The first-order chi connectivity index (χ1) is 14.2. The second kappa shape index (κ2) is 10.3. The fourth-order valence-electron chi connectivity index (χ4n) is 2.94. The van der Waals surface area contributed by atoms with Crippen LogP contribution in [-0.4, -0.2) is 24.3 Å². The van der Waals surface area contributed by atoms with Crippen LogP contribution in [-0.2, 0) is 13.1 Å². The van der Waals surface area contributed by atoms with Crippen molar-refractivity contribution in [3.05, 3.63) is 65.5 Å². The molecule has 3 aromatic rings. The maximum absolute atomic E-state index is 5.62. The van der Waals surface area contributed by atoms with Crippen LogP contribution in [0.2, 0.25) is 0 Å². The van der Waals surface area contributed by atoms with Crippen LogP contribution in [0.15, 0.2) is 58.1 Å². The Morgan fingerprint density at radius 2 is 1.87 bits per heavy atom. The highest BCUT2D eigenvalue weighted by molar-refractivity contribution is 14.0. The SMILES string of the molecule is CCNC(=NCc1ccc2c(c1)OCO2)NCc1coc(-c2ccc(C)cc2)n1.I. The van der Waals surface area contributed by atoms with E-state index < -0.39 is 0 Å². The summed E-state index contributed by atoms with van der Waals surface area (Å²) in [6, 6.07) is 14.0. The van der Waals surface area contributed by atoms with Crippen molar-refractivity contribution in [2.75, 3.05) is 13.3 Å². The van der Waals surface area contributed by atoms with E-state index in [9.17, 15) is 0 Å². The summed E-state index contributed by atoms with van der Waals surface area (Å²) < 4.78 is 16.4. The van der Waals surface area contributed by atoms with Crippen LogP contribution < -0.4 is 20.1 Å². The van der Waals surface area contributed by atoms with E-state index in [4.69, 9.17) is 13.9 Å². The number of guanidine groups is 1. The number of fused-ring (bicyclic) bond motifs is 1. The normalized spacial score (nSPS) is 12.4. The first-order valence-electron chi connectivity index (χ1n) is 9.63. The number of hydrogen-bond acceptors (Lipinski definition) is 5. The number of aromatic nitrogens is 1. The number of nitrogens with one attached hydrogen (secondary N) is 2. The van der Waals surface area contributed by atoms with E-state index in [-0.39, 0.29) is 30.8 Å². The lowest BCUT2D eigenvalue weighted by molar-refractivity contribution is 0.174. The van der Waals surface area contributed by atoms with Gasteiger partial charge in [-0.3, -0.25) is 0 Å². The summed E-state index contributed by atoms with van der Waals surface area (Å²) >= 11 is 0. The minimum atomic E-state index is 0. The maximum Gasteiger partial charge on any atom is 0.231 e. The fourth-order valence-corrected chi connectivity index (χ4v) is 2.94. The monoisotopic (exact) mass is 520 g/mol. The summed E-state index contributed by atoms with van der Waals surface area (Å²) in [5.74, 6) is 2.87. The summed E-state index contributed by atoms with van der Waals surface area (Å²) in [7, 11) is 0. The van der Waals surface area contributed by atoms with Gasteiger partial charge >= 0.3 is 0 Å². The van der Waals surface area contributed by atoms with E-state index in [1.54, 1.807) is 6.26 Å². The molecular weight excluding hydrogens is 495 g/mol. The van der Waals surface area contributed by atoms with Crippen LogP contribution in [0, 0.1) is 6.92 Å². The molecule has 30 heavy (non-hydrogen) atoms. The maximum atomic E-state index is 5.62. The minimum absolute atomic E-state index is 0. The van der Waals surface area contributed by atoms with E-state index in [0.717, 1.165) is 34.9 Å². The molecule has 0 saturated carbocycles. The highest BCUT2D eigenvalue weighted by Gasteiger charge is 2.13. The van der Waals surface area contributed by atoms with Gasteiger partial charge in [-0.1, -0.05) is 23.8 Å². The quantitative estimate of drug-likeness (QED) is 0.288. The van der Waals surface area contributed by atoms with Crippen LogP contribution >= 0.6 is 24.0 Å². The molecule has 0 aliphatic carbocycles. The van der Waals surface area contributed by atoms with Gasteiger partial charge in [-0.15, -0.1) is 24.0 Å². The van der Waals surface area contributed by atoms with Crippen molar-refractivity contribution in [3.63, 3.8) is 0 Å². The molecule has 0 saturated heterocycles. The molecule has 0 fully saturated rings. The summed E-state index contributed by atoms with van der Waals surface area (Å²) in [6.07, 6.45) is 1.67. The highest BCUT2D eigenvalue weighted by Crippen LogP contribution is 2.32. The summed E-state index contributed by atoms with van der Waals surface area (Å²) in [6.45, 7) is 6.17. The van der Waals surface area contributed by atoms with Gasteiger partial charge in [-0.05, 0) is 43.7 Å². The number of aryl methyl sites for hydroxylation is 1. The Hall–Kier alpha value is -2.75. The lowest BCUT2D eigenvalue weighted by Crippen LogP contribution is -2.36. The topological polar surface area (TPSA) is 80.9 Å². The van der Waals surface area contributed by atoms with Gasteiger partial charge in [0.1, 0.15) is 6.26 Å². The van der Waals surface area contributed by atoms with E-state index in [1.165, 1.54) is 5.56 Å². The van der Waals surface area contributed by atoms with Gasteiger partial charge in [-0.25, -0.2) is 9.98 Å². The molecule has 0 amide bonds. The Balaban J connectivity index is 0.00000256. The van der Waals surface area contributed by atoms with Gasteiger partial charge in [0.2, 0.25) is 12.7 Å². The third-order valence-corrected chi connectivity index (χ3v) is 4.49. The fraction of sp³-hybridized carbons (Fsp3) is 0.273. The van der Waals surface area contributed by atoms with Crippen molar-refractivity contribution in [2.45, 2.75) is 26.9 Å². The van der Waals surface area contributed by atoms with E-state index in [1.807, 2.05) is 49.4 Å². The van der Waals surface area contributed by atoms with Crippen molar-refractivity contribution in [3.8, 4) is 23.0 Å². The van der Waals surface area contributed by atoms with Crippen LogP contribution in [0.25, 0.3) is 11.5 Å². The molecule has 1 aromatic heterocycles. The number of nitrogens with zero attached hydrogens (tertiary/aromatic N) is 2. The third kappa shape index (κ3) is 5.44. The molecule has 1 aliphatic rings. The predicted molar refractivity (Wildman–Crippen MR) is 126 cm³/mol. The first kappa shape index (κ1) is 21.9. The van der Waals surface area contributed by atoms with Gasteiger partial charge in [0, 0.05) is 12.1 Å². The second-order valence-corrected chi connectivity index (χ2v) is 6.75.